The minimum absolute atomic E-state index is 0.106. The summed E-state index contributed by atoms with van der Waals surface area (Å²) < 4.78 is 1.75. The van der Waals surface area contributed by atoms with E-state index in [9.17, 15) is 14.7 Å². The lowest BCUT2D eigenvalue weighted by molar-refractivity contribution is -0.142. The van der Waals surface area contributed by atoms with Crippen molar-refractivity contribution in [3.05, 3.63) is 18.2 Å². The van der Waals surface area contributed by atoms with Crippen LogP contribution in [0.1, 0.15) is 33.4 Å². The van der Waals surface area contributed by atoms with Gasteiger partial charge in [-0.25, -0.2) is 9.78 Å². The molecule has 1 aromatic rings. The van der Waals surface area contributed by atoms with Crippen LogP contribution in [0.25, 0.3) is 0 Å². The van der Waals surface area contributed by atoms with Crippen molar-refractivity contribution in [2.45, 2.75) is 40.2 Å². The van der Waals surface area contributed by atoms with E-state index in [1.807, 2.05) is 34.7 Å². The van der Waals surface area contributed by atoms with Crippen molar-refractivity contribution < 1.29 is 14.7 Å². The van der Waals surface area contributed by atoms with E-state index in [-0.39, 0.29) is 29.1 Å². The smallest absolute Gasteiger partial charge is 0.326 e. The van der Waals surface area contributed by atoms with Gasteiger partial charge in [0.15, 0.2) is 0 Å². The van der Waals surface area contributed by atoms with Crippen LogP contribution in [-0.2, 0) is 23.1 Å². The van der Waals surface area contributed by atoms with Crippen LogP contribution in [0.3, 0.4) is 0 Å². The second kappa shape index (κ2) is 4.86. The molecule has 21 heavy (non-hydrogen) atoms. The molecule has 2 rings (SSSR count). The van der Waals surface area contributed by atoms with Crippen molar-refractivity contribution in [2.24, 2.45) is 23.8 Å². The van der Waals surface area contributed by atoms with Crippen molar-refractivity contribution in [2.75, 3.05) is 0 Å². The number of nitrogens with zero attached hydrogens (tertiary/aromatic N) is 2. The highest BCUT2D eigenvalue weighted by atomic mass is 16.4. The number of aliphatic carboxylic acids is 1. The maximum atomic E-state index is 12.3. The van der Waals surface area contributed by atoms with Crippen molar-refractivity contribution in [1.29, 1.82) is 0 Å². The van der Waals surface area contributed by atoms with Gasteiger partial charge in [0.2, 0.25) is 5.91 Å². The molecule has 0 aliphatic heterocycles. The highest BCUT2D eigenvalue weighted by Gasteiger charge is 2.68. The lowest BCUT2D eigenvalue weighted by Gasteiger charge is -2.14. The first-order valence-corrected chi connectivity index (χ1v) is 7.07. The molecule has 2 N–H and O–H groups in total. The van der Waals surface area contributed by atoms with Crippen LogP contribution in [-0.4, -0.2) is 32.6 Å². The van der Waals surface area contributed by atoms with Crippen LogP contribution in [0.5, 0.6) is 0 Å². The summed E-state index contributed by atoms with van der Waals surface area (Å²) in [4.78, 5) is 27.8. The summed E-state index contributed by atoms with van der Waals surface area (Å²) in [6.45, 7) is 8.13. The average Bonchev–Trinajstić information content (AvgIpc) is 2.62. The highest BCUT2D eigenvalue weighted by Crippen LogP contribution is 2.68. The number of aromatic nitrogens is 2. The minimum atomic E-state index is -1.04. The lowest BCUT2D eigenvalue weighted by atomic mass is 10.0. The fourth-order valence-electron chi connectivity index (χ4n) is 3.09. The Morgan fingerprint density at radius 2 is 1.95 bits per heavy atom. The number of carboxylic acid groups (broad SMARTS) is 1. The van der Waals surface area contributed by atoms with Crippen molar-refractivity contribution in [1.82, 2.24) is 14.9 Å². The van der Waals surface area contributed by atoms with Crippen LogP contribution in [0.15, 0.2) is 12.5 Å². The molecule has 116 valence electrons. The van der Waals surface area contributed by atoms with Gasteiger partial charge in [-0.3, -0.25) is 4.79 Å². The fraction of sp³-hybridized carbons (Fsp3) is 0.667. The number of hydrogen-bond donors (Lipinski definition) is 2. The van der Waals surface area contributed by atoms with Crippen molar-refractivity contribution >= 4 is 11.9 Å². The van der Waals surface area contributed by atoms with Gasteiger partial charge in [-0.05, 0) is 10.8 Å². The van der Waals surface area contributed by atoms with E-state index in [2.05, 4.69) is 10.3 Å². The molecule has 1 fully saturated rings. The molecule has 0 saturated heterocycles. The predicted octanol–water partition coefficient (Wildman–Crippen LogP) is 1.21. The molecule has 1 heterocycles. The Labute approximate surface area is 124 Å². The van der Waals surface area contributed by atoms with Crippen molar-refractivity contribution in [3.63, 3.8) is 0 Å². The molecule has 0 bridgehead atoms. The Morgan fingerprint density at radius 3 is 2.33 bits per heavy atom. The van der Waals surface area contributed by atoms with Gasteiger partial charge in [-0.1, -0.05) is 27.7 Å². The molecular weight excluding hydrogens is 270 g/mol. The number of rotatable bonds is 5. The van der Waals surface area contributed by atoms with Gasteiger partial charge in [0.25, 0.3) is 0 Å². The van der Waals surface area contributed by atoms with E-state index >= 15 is 0 Å². The first-order valence-electron chi connectivity index (χ1n) is 7.07. The second-order valence-electron chi connectivity index (χ2n) is 7.01. The molecule has 1 amide bonds. The molecule has 0 spiro atoms. The third-order valence-corrected chi connectivity index (χ3v) is 5.07. The number of imidazole rings is 1. The Morgan fingerprint density at radius 1 is 1.38 bits per heavy atom. The molecule has 0 unspecified atom stereocenters. The van der Waals surface area contributed by atoms with Crippen LogP contribution in [0, 0.1) is 16.7 Å². The summed E-state index contributed by atoms with van der Waals surface area (Å²) in [5.41, 5.74) is 0.440. The molecule has 1 aromatic heterocycles. The summed E-state index contributed by atoms with van der Waals surface area (Å²) in [7, 11) is 1.82. The van der Waals surface area contributed by atoms with E-state index in [4.69, 9.17) is 0 Å². The van der Waals surface area contributed by atoms with Gasteiger partial charge in [0, 0.05) is 25.6 Å². The number of hydrogen-bond acceptors (Lipinski definition) is 3. The summed E-state index contributed by atoms with van der Waals surface area (Å²) in [6.07, 6.45) is 3.56. The molecule has 6 heteroatoms. The number of carbonyl (C=O) groups excluding carboxylic acids is 1. The number of amides is 1. The van der Waals surface area contributed by atoms with Gasteiger partial charge >= 0.3 is 5.97 Å². The third-order valence-electron chi connectivity index (χ3n) is 5.07. The molecule has 6 nitrogen and oxygen atoms in total. The molecule has 1 saturated carbocycles. The standard InChI is InChI=1S/C15H23N3O3/c1-14(2)11(15(14,3)4)12(19)17-10(13(20)21)6-9-7-18(5)8-16-9/h7-8,10-11H,6H2,1-5H3,(H,17,19)(H,20,21)/t10-/m1/s1. The van der Waals surface area contributed by atoms with Crippen LogP contribution in [0.4, 0.5) is 0 Å². The zero-order chi connectivity index (χ0) is 16.0. The van der Waals surface area contributed by atoms with Gasteiger partial charge in [0.05, 0.1) is 12.0 Å². The second-order valence-corrected chi connectivity index (χ2v) is 7.01. The monoisotopic (exact) mass is 293 g/mol. The maximum absolute atomic E-state index is 12.3. The largest absolute Gasteiger partial charge is 0.480 e. The number of carbonyl (C=O) groups is 2. The summed E-state index contributed by atoms with van der Waals surface area (Å²) in [6, 6.07) is -0.945. The van der Waals surface area contributed by atoms with Gasteiger partial charge < -0.3 is 15.0 Å². The number of carboxylic acids is 1. The van der Waals surface area contributed by atoms with E-state index in [0.717, 1.165) is 0 Å². The topological polar surface area (TPSA) is 84.2 Å². The molecular formula is C15H23N3O3. The number of nitrogens with one attached hydrogen (secondary N) is 1. The average molecular weight is 293 g/mol. The first-order chi connectivity index (χ1) is 9.57. The Bertz CT molecular complexity index is 560. The third kappa shape index (κ3) is 2.66. The summed E-state index contributed by atoms with van der Waals surface area (Å²) >= 11 is 0. The van der Waals surface area contributed by atoms with E-state index in [1.165, 1.54) is 0 Å². The molecule has 1 aliphatic carbocycles. The van der Waals surface area contributed by atoms with Crippen LogP contribution >= 0.6 is 0 Å². The quantitative estimate of drug-likeness (QED) is 0.854. The Balaban J connectivity index is 2.04. The summed E-state index contributed by atoms with van der Waals surface area (Å²) in [5, 5.41) is 12.0. The molecule has 0 radical (unpaired) electrons. The van der Waals surface area contributed by atoms with Crippen LogP contribution < -0.4 is 5.32 Å². The van der Waals surface area contributed by atoms with E-state index in [0.29, 0.717) is 5.69 Å². The van der Waals surface area contributed by atoms with Gasteiger partial charge in [0.1, 0.15) is 6.04 Å². The van der Waals surface area contributed by atoms with Crippen molar-refractivity contribution in [3.8, 4) is 0 Å². The van der Waals surface area contributed by atoms with E-state index < -0.39 is 12.0 Å². The zero-order valence-corrected chi connectivity index (χ0v) is 13.2. The maximum Gasteiger partial charge on any atom is 0.326 e. The predicted molar refractivity (Wildman–Crippen MR) is 77.5 cm³/mol. The molecule has 0 aromatic carbocycles. The van der Waals surface area contributed by atoms with E-state index in [1.54, 1.807) is 17.1 Å². The summed E-state index contributed by atoms with van der Waals surface area (Å²) in [5.74, 6) is -1.38. The van der Waals surface area contributed by atoms with Crippen LogP contribution in [0.2, 0.25) is 0 Å². The Hall–Kier alpha value is -1.85. The fourth-order valence-corrected chi connectivity index (χ4v) is 3.09. The lowest BCUT2D eigenvalue weighted by Crippen LogP contribution is -2.43. The van der Waals surface area contributed by atoms with Gasteiger partial charge in [-0.15, -0.1) is 0 Å². The zero-order valence-electron chi connectivity index (χ0n) is 13.2. The molecule has 1 aliphatic rings. The minimum Gasteiger partial charge on any atom is -0.480 e. The highest BCUT2D eigenvalue weighted by molar-refractivity contribution is 5.88. The first kappa shape index (κ1) is 15.5. The van der Waals surface area contributed by atoms with Gasteiger partial charge in [-0.2, -0.15) is 0 Å². The SMILES string of the molecule is Cn1cnc(C[C@@H](NC(=O)C2C(C)(C)C2(C)C)C(=O)O)c1. The normalized spacial score (nSPS) is 20.8. The number of aryl methyl sites for hydroxylation is 1. The molecule has 1 atom stereocenters. The Kier molecular flexibility index (Phi) is 3.59.